The number of ether oxygens (including phenoxy) is 1. The summed E-state index contributed by atoms with van der Waals surface area (Å²) in [7, 11) is -3.91. The Bertz CT molecular complexity index is 1160. The second kappa shape index (κ2) is 9.35. The van der Waals surface area contributed by atoms with Crippen LogP contribution in [0, 0.1) is 10.1 Å². The number of benzene rings is 2. The van der Waals surface area contributed by atoms with Gasteiger partial charge in [0, 0.05) is 24.8 Å². The first-order chi connectivity index (χ1) is 15.4. The van der Waals surface area contributed by atoms with Crippen LogP contribution in [0.15, 0.2) is 47.4 Å². The first-order valence-electron chi connectivity index (χ1n) is 9.83. The molecule has 1 atom stereocenters. The lowest BCUT2D eigenvalue weighted by molar-refractivity contribution is -0.386. The van der Waals surface area contributed by atoms with Gasteiger partial charge < -0.3 is 10.1 Å². The monoisotopic (exact) mass is 487 g/mol. The Balaban J connectivity index is 1.78. The molecule has 1 N–H and O–H groups in total. The molecule has 1 aliphatic heterocycles. The summed E-state index contributed by atoms with van der Waals surface area (Å²) >= 11 is 0. The van der Waals surface area contributed by atoms with Gasteiger partial charge in [0.05, 0.1) is 15.4 Å². The molecular formula is C20H20F3N3O6S. The summed E-state index contributed by atoms with van der Waals surface area (Å²) in [5.41, 5.74) is -1.75. The summed E-state index contributed by atoms with van der Waals surface area (Å²) in [5.74, 6) is -1.20. The van der Waals surface area contributed by atoms with Gasteiger partial charge in [-0.3, -0.25) is 14.9 Å². The molecule has 9 nitrogen and oxygen atoms in total. The highest BCUT2D eigenvalue weighted by molar-refractivity contribution is 7.89. The van der Waals surface area contributed by atoms with Crippen LogP contribution in [0.1, 0.15) is 25.3 Å². The van der Waals surface area contributed by atoms with Crippen LogP contribution in [0.4, 0.5) is 24.5 Å². The Morgan fingerprint density at radius 3 is 2.45 bits per heavy atom. The van der Waals surface area contributed by atoms with E-state index in [4.69, 9.17) is 4.74 Å². The summed E-state index contributed by atoms with van der Waals surface area (Å²) in [6.45, 7) is 1.89. The van der Waals surface area contributed by atoms with Crippen molar-refractivity contribution < 1.29 is 36.0 Å². The van der Waals surface area contributed by atoms with Crippen molar-refractivity contribution in [2.24, 2.45) is 0 Å². The topological polar surface area (TPSA) is 119 Å². The van der Waals surface area contributed by atoms with E-state index in [-0.39, 0.29) is 16.3 Å². The van der Waals surface area contributed by atoms with E-state index in [1.165, 1.54) is 17.3 Å². The van der Waals surface area contributed by atoms with Gasteiger partial charge in [0.25, 0.3) is 5.91 Å². The summed E-state index contributed by atoms with van der Waals surface area (Å²) in [5, 5.41) is 13.8. The predicted molar refractivity (Wildman–Crippen MR) is 111 cm³/mol. The predicted octanol–water partition coefficient (Wildman–Crippen LogP) is 3.80. The third-order valence-electron chi connectivity index (χ3n) is 4.96. The molecule has 2 aromatic rings. The molecule has 1 saturated heterocycles. The molecule has 1 heterocycles. The molecule has 0 aromatic heterocycles. The lowest BCUT2D eigenvalue weighted by atomic mass is 10.2. The minimum absolute atomic E-state index is 0.133. The fourth-order valence-electron chi connectivity index (χ4n) is 3.24. The van der Waals surface area contributed by atoms with E-state index in [0.717, 1.165) is 36.4 Å². The van der Waals surface area contributed by atoms with E-state index >= 15 is 0 Å². The first kappa shape index (κ1) is 24.5. The number of sulfonamides is 1. The highest BCUT2D eigenvalue weighted by Crippen LogP contribution is 2.33. The Hall–Kier alpha value is -3.19. The van der Waals surface area contributed by atoms with E-state index in [1.54, 1.807) is 0 Å². The van der Waals surface area contributed by atoms with Crippen molar-refractivity contribution in [3.63, 3.8) is 0 Å². The van der Waals surface area contributed by atoms with E-state index in [0.29, 0.717) is 25.9 Å². The summed E-state index contributed by atoms with van der Waals surface area (Å²) in [4.78, 5) is 22.8. The number of anilines is 1. The van der Waals surface area contributed by atoms with Crippen molar-refractivity contribution in [1.82, 2.24) is 4.31 Å². The largest absolute Gasteiger partial charge is 0.474 e. The Morgan fingerprint density at radius 2 is 1.85 bits per heavy atom. The van der Waals surface area contributed by atoms with Gasteiger partial charge in [-0.25, -0.2) is 8.42 Å². The second-order valence-corrected chi connectivity index (χ2v) is 9.26. The Morgan fingerprint density at radius 1 is 1.18 bits per heavy atom. The normalized spacial score (nSPS) is 15.8. The van der Waals surface area contributed by atoms with Crippen LogP contribution in [0.25, 0.3) is 0 Å². The third-order valence-corrected chi connectivity index (χ3v) is 6.85. The van der Waals surface area contributed by atoms with E-state index in [9.17, 15) is 36.5 Å². The van der Waals surface area contributed by atoms with Gasteiger partial charge in [-0.1, -0.05) is 6.07 Å². The number of nitrogens with one attached hydrogen (secondary N) is 1. The van der Waals surface area contributed by atoms with Gasteiger partial charge in [-0.2, -0.15) is 17.5 Å². The number of rotatable bonds is 7. The zero-order chi connectivity index (χ0) is 24.4. The molecule has 1 amide bonds. The summed E-state index contributed by atoms with van der Waals surface area (Å²) in [6, 6.07) is 7.04. The van der Waals surface area contributed by atoms with Crippen LogP contribution >= 0.6 is 0 Å². The van der Waals surface area contributed by atoms with E-state index in [2.05, 4.69) is 5.32 Å². The maximum Gasteiger partial charge on any atom is 0.416 e. The highest BCUT2D eigenvalue weighted by Gasteiger charge is 2.32. The molecule has 178 valence electrons. The fourth-order valence-corrected chi connectivity index (χ4v) is 4.78. The molecule has 3 rings (SSSR count). The molecule has 0 spiro atoms. The average Bonchev–Trinajstić information content (AvgIpc) is 3.29. The molecule has 0 bridgehead atoms. The molecule has 0 aliphatic carbocycles. The highest BCUT2D eigenvalue weighted by atomic mass is 32.2. The van der Waals surface area contributed by atoms with Crippen LogP contribution in [0.5, 0.6) is 5.75 Å². The number of hydrogen-bond donors (Lipinski definition) is 1. The van der Waals surface area contributed by atoms with Gasteiger partial charge in [-0.05, 0) is 50.1 Å². The maximum atomic E-state index is 12.8. The number of nitrogens with zero attached hydrogens (tertiary/aromatic N) is 2. The van der Waals surface area contributed by atoms with Crippen molar-refractivity contribution in [2.45, 2.75) is 36.9 Å². The van der Waals surface area contributed by atoms with Crippen molar-refractivity contribution in [3.05, 3.63) is 58.1 Å². The number of alkyl halides is 3. The fraction of sp³-hybridized carbons (Fsp3) is 0.350. The van der Waals surface area contributed by atoms with Crippen LogP contribution in [0.3, 0.4) is 0 Å². The average molecular weight is 487 g/mol. The zero-order valence-electron chi connectivity index (χ0n) is 17.3. The van der Waals surface area contributed by atoms with Gasteiger partial charge in [-0.15, -0.1) is 0 Å². The molecule has 0 saturated carbocycles. The number of halogens is 3. The van der Waals surface area contributed by atoms with Crippen LogP contribution in [-0.2, 0) is 21.0 Å². The van der Waals surface area contributed by atoms with Crippen LogP contribution in [-0.4, -0.2) is 42.7 Å². The minimum atomic E-state index is -4.60. The number of carbonyl (C=O) groups excluding carboxylic acids is 1. The standard InChI is InChI=1S/C20H20F3N3O6S/c1-13(19(27)24-15-6-4-5-14(11-15)20(21,22)23)32-18-8-7-16(12-17(18)26(28)29)33(30,31)25-9-2-3-10-25/h4-8,11-13H,2-3,9-10H2,1H3,(H,24,27). The molecule has 13 heteroatoms. The molecule has 33 heavy (non-hydrogen) atoms. The van der Waals surface area contributed by atoms with Gasteiger partial charge >= 0.3 is 11.9 Å². The maximum absolute atomic E-state index is 12.8. The molecule has 1 unspecified atom stereocenters. The molecule has 1 fully saturated rings. The SMILES string of the molecule is CC(Oc1ccc(S(=O)(=O)N2CCCC2)cc1[N+](=O)[O-])C(=O)Nc1cccc(C(F)(F)F)c1. The Labute approximate surface area is 187 Å². The van der Waals surface area contributed by atoms with Gasteiger partial charge in [0.2, 0.25) is 10.0 Å². The molecule has 0 radical (unpaired) electrons. The van der Waals surface area contributed by atoms with Crippen LogP contribution < -0.4 is 10.1 Å². The van der Waals surface area contributed by atoms with Crippen molar-refractivity contribution in [2.75, 3.05) is 18.4 Å². The number of nitro benzene ring substituents is 1. The number of hydrogen-bond acceptors (Lipinski definition) is 6. The lowest BCUT2D eigenvalue weighted by Crippen LogP contribution is -2.30. The van der Waals surface area contributed by atoms with E-state index < -0.39 is 44.4 Å². The van der Waals surface area contributed by atoms with Crippen molar-refractivity contribution >= 4 is 27.3 Å². The van der Waals surface area contributed by atoms with E-state index in [1.807, 2.05) is 0 Å². The number of amides is 1. The zero-order valence-corrected chi connectivity index (χ0v) is 18.1. The smallest absolute Gasteiger partial charge is 0.416 e. The number of carbonyl (C=O) groups is 1. The summed E-state index contributed by atoms with van der Waals surface area (Å²) < 4.78 is 70.4. The van der Waals surface area contributed by atoms with Gasteiger partial charge in [0.1, 0.15) is 0 Å². The first-order valence-corrected chi connectivity index (χ1v) is 11.3. The molecule has 2 aromatic carbocycles. The molecular weight excluding hydrogens is 467 g/mol. The third kappa shape index (κ3) is 5.60. The van der Waals surface area contributed by atoms with Crippen LogP contribution in [0.2, 0.25) is 0 Å². The Kier molecular flexibility index (Phi) is 6.93. The lowest BCUT2D eigenvalue weighted by Gasteiger charge is -2.17. The molecule has 1 aliphatic rings. The quantitative estimate of drug-likeness (QED) is 0.469. The number of nitro groups is 1. The van der Waals surface area contributed by atoms with Crippen molar-refractivity contribution in [3.8, 4) is 5.75 Å². The van der Waals surface area contributed by atoms with Crippen molar-refractivity contribution in [1.29, 1.82) is 0 Å². The minimum Gasteiger partial charge on any atom is -0.474 e. The second-order valence-electron chi connectivity index (χ2n) is 7.33. The summed E-state index contributed by atoms with van der Waals surface area (Å²) in [6.07, 6.45) is -4.54. The van der Waals surface area contributed by atoms with Gasteiger partial charge in [0.15, 0.2) is 11.9 Å².